The Hall–Kier alpha value is -1.01. The summed E-state index contributed by atoms with van der Waals surface area (Å²) < 4.78 is 0. The molecular weight excluding hydrogens is 200 g/mol. The van der Waals surface area contributed by atoms with Crippen molar-refractivity contribution in [1.82, 2.24) is 5.32 Å². The molecule has 0 radical (unpaired) electrons. The van der Waals surface area contributed by atoms with Crippen LogP contribution in [0.1, 0.15) is 32.6 Å². The molecule has 2 fully saturated rings. The molecule has 4 unspecified atom stereocenters. The number of nitrogens with one attached hydrogen (secondary N) is 1. The fourth-order valence-electron chi connectivity index (χ4n) is 3.22. The van der Waals surface area contributed by atoms with Crippen LogP contribution in [0.4, 0.5) is 0 Å². The molecular formula is C13H20N2O. The lowest BCUT2D eigenvalue weighted by Gasteiger charge is -2.26. The van der Waals surface area contributed by atoms with Crippen LogP contribution in [0.25, 0.3) is 0 Å². The minimum atomic E-state index is 0.0633. The van der Waals surface area contributed by atoms with E-state index in [2.05, 4.69) is 17.2 Å². The molecule has 2 bridgehead atoms. The molecule has 3 N–H and O–H groups in total. The Bertz CT molecular complexity index is 327. The Morgan fingerprint density at radius 1 is 1.44 bits per heavy atom. The van der Waals surface area contributed by atoms with E-state index in [1.807, 2.05) is 6.92 Å². The minimum absolute atomic E-state index is 0.0633. The molecule has 3 heteroatoms. The summed E-state index contributed by atoms with van der Waals surface area (Å²) >= 11 is 0. The summed E-state index contributed by atoms with van der Waals surface area (Å²) in [5.74, 6) is 7.11. The van der Waals surface area contributed by atoms with Gasteiger partial charge >= 0.3 is 0 Å². The van der Waals surface area contributed by atoms with Gasteiger partial charge in [-0.3, -0.25) is 4.79 Å². The lowest BCUT2D eigenvalue weighted by molar-refractivity contribution is -0.126. The van der Waals surface area contributed by atoms with Gasteiger partial charge < -0.3 is 11.1 Å². The largest absolute Gasteiger partial charge is 0.355 e. The van der Waals surface area contributed by atoms with Crippen molar-refractivity contribution in [3.63, 3.8) is 0 Å². The van der Waals surface area contributed by atoms with Crippen molar-refractivity contribution in [3.8, 4) is 11.8 Å². The van der Waals surface area contributed by atoms with Crippen LogP contribution in [0.15, 0.2) is 0 Å². The van der Waals surface area contributed by atoms with Gasteiger partial charge in [0.15, 0.2) is 0 Å². The third kappa shape index (κ3) is 2.08. The quantitative estimate of drug-likeness (QED) is 0.548. The van der Waals surface area contributed by atoms with E-state index in [0.717, 1.165) is 12.8 Å². The first-order valence-corrected chi connectivity index (χ1v) is 6.17. The molecule has 16 heavy (non-hydrogen) atoms. The van der Waals surface area contributed by atoms with E-state index in [1.165, 1.54) is 12.8 Å². The van der Waals surface area contributed by atoms with Gasteiger partial charge in [-0.25, -0.2) is 0 Å². The average molecular weight is 220 g/mol. The molecule has 0 aliphatic heterocycles. The monoisotopic (exact) mass is 220 g/mol. The Balaban J connectivity index is 1.82. The van der Waals surface area contributed by atoms with Crippen molar-refractivity contribution in [2.75, 3.05) is 6.54 Å². The molecule has 3 nitrogen and oxygen atoms in total. The standard InChI is InChI=1S/C13H20N2O/c1-2-3-4-7-15-13(16)11-9-5-6-10(8-9)12(11)14/h9-12H,4-8,14H2,1H3,(H,15,16). The summed E-state index contributed by atoms with van der Waals surface area (Å²) in [4.78, 5) is 12.0. The maximum Gasteiger partial charge on any atom is 0.225 e. The van der Waals surface area contributed by atoms with Gasteiger partial charge in [0.2, 0.25) is 5.91 Å². The van der Waals surface area contributed by atoms with Crippen molar-refractivity contribution in [2.24, 2.45) is 23.5 Å². The Kier molecular flexibility index (Phi) is 3.50. The predicted molar refractivity (Wildman–Crippen MR) is 63.4 cm³/mol. The first kappa shape index (κ1) is 11.5. The molecule has 2 aliphatic rings. The van der Waals surface area contributed by atoms with E-state index in [9.17, 15) is 4.79 Å². The number of nitrogens with two attached hydrogens (primary N) is 1. The molecule has 2 aliphatic carbocycles. The first-order chi connectivity index (χ1) is 7.74. The smallest absolute Gasteiger partial charge is 0.225 e. The van der Waals surface area contributed by atoms with Crippen LogP contribution in [0.2, 0.25) is 0 Å². The van der Waals surface area contributed by atoms with Gasteiger partial charge in [-0.05, 0) is 38.0 Å². The fraction of sp³-hybridized carbons (Fsp3) is 0.769. The van der Waals surface area contributed by atoms with Gasteiger partial charge in [0.25, 0.3) is 0 Å². The molecule has 2 saturated carbocycles. The van der Waals surface area contributed by atoms with Gasteiger partial charge in [0.05, 0.1) is 5.92 Å². The highest BCUT2D eigenvalue weighted by Crippen LogP contribution is 2.47. The van der Waals surface area contributed by atoms with E-state index in [0.29, 0.717) is 18.4 Å². The first-order valence-electron chi connectivity index (χ1n) is 6.17. The molecule has 0 aromatic rings. The summed E-state index contributed by atoms with van der Waals surface area (Å²) in [7, 11) is 0. The van der Waals surface area contributed by atoms with E-state index < -0.39 is 0 Å². The van der Waals surface area contributed by atoms with E-state index in [-0.39, 0.29) is 17.9 Å². The maximum atomic E-state index is 12.0. The highest BCUT2D eigenvalue weighted by Gasteiger charge is 2.48. The zero-order chi connectivity index (χ0) is 11.5. The zero-order valence-electron chi connectivity index (χ0n) is 9.83. The molecule has 0 spiro atoms. The molecule has 1 amide bonds. The zero-order valence-corrected chi connectivity index (χ0v) is 9.83. The minimum Gasteiger partial charge on any atom is -0.355 e. The molecule has 2 rings (SSSR count). The van der Waals surface area contributed by atoms with Crippen molar-refractivity contribution in [1.29, 1.82) is 0 Å². The maximum absolute atomic E-state index is 12.0. The van der Waals surface area contributed by atoms with Crippen LogP contribution in [-0.2, 0) is 4.79 Å². The molecule has 0 saturated heterocycles. The highest BCUT2D eigenvalue weighted by molar-refractivity contribution is 5.80. The number of amides is 1. The third-order valence-corrected chi connectivity index (χ3v) is 4.01. The van der Waals surface area contributed by atoms with Crippen LogP contribution < -0.4 is 11.1 Å². The van der Waals surface area contributed by atoms with E-state index in [4.69, 9.17) is 5.73 Å². The number of hydrogen-bond acceptors (Lipinski definition) is 2. The second kappa shape index (κ2) is 4.88. The number of fused-ring (bicyclic) bond motifs is 2. The van der Waals surface area contributed by atoms with Crippen molar-refractivity contribution >= 4 is 5.91 Å². The second-order valence-electron chi connectivity index (χ2n) is 4.90. The number of carbonyl (C=O) groups is 1. The van der Waals surface area contributed by atoms with Gasteiger partial charge in [-0.15, -0.1) is 11.8 Å². The average Bonchev–Trinajstić information content (AvgIpc) is 2.84. The third-order valence-electron chi connectivity index (χ3n) is 4.01. The summed E-state index contributed by atoms with van der Waals surface area (Å²) in [6.45, 7) is 2.47. The number of rotatable bonds is 3. The molecule has 88 valence electrons. The Morgan fingerprint density at radius 2 is 2.19 bits per heavy atom. The summed E-state index contributed by atoms with van der Waals surface area (Å²) in [6.07, 6.45) is 4.30. The fourth-order valence-corrected chi connectivity index (χ4v) is 3.22. The van der Waals surface area contributed by atoms with Gasteiger partial charge in [0, 0.05) is 19.0 Å². The summed E-state index contributed by atoms with van der Waals surface area (Å²) in [5, 5.41) is 2.95. The van der Waals surface area contributed by atoms with Crippen LogP contribution in [-0.4, -0.2) is 18.5 Å². The molecule has 4 atom stereocenters. The lowest BCUT2D eigenvalue weighted by atomic mass is 9.84. The number of carbonyl (C=O) groups excluding carboxylic acids is 1. The highest BCUT2D eigenvalue weighted by atomic mass is 16.1. The molecule has 0 aromatic heterocycles. The van der Waals surface area contributed by atoms with E-state index in [1.54, 1.807) is 0 Å². The summed E-state index contributed by atoms with van der Waals surface area (Å²) in [5.41, 5.74) is 6.11. The van der Waals surface area contributed by atoms with E-state index >= 15 is 0 Å². The predicted octanol–water partition coefficient (Wildman–Crippen LogP) is 0.889. The molecule has 0 aromatic carbocycles. The topological polar surface area (TPSA) is 55.1 Å². The second-order valence-corrected chi connectivity index (χ2v) is 4.90. The SMILES string of the molecule is CC#CCCNC(=O)C1C2CCC(C2)C1N. The summed E-state index contributed by atoms with van der Waals surface area (Å²) in [6, 6.07) is 0.0935. The molecule has 0 heterocycles. The van der Waals surface area contributed by atoms with Crippen LogP contribution in [0.5, 0.6) is 0 Å². The van der Waals surface area contributed by atoms with Crippen LogP contribution >= 0.6 is 0 Å². The Labute approximate surface area is 97.2 Å². The van der Waals surface area contributed by atoms with Crippen molar-refractivity contribution in [3.05, 3.63) is 0 Å². The van der Waals surface area contributed by atoms with Crippen LogP contribution in [0.3, 0.4) is 0 Å². The Morgan fingerprint density at radius 3 is 2.81 bits per heavy atom. The van der Waals surface area contributed by atoms with Crippen molar-refractivity contribution < 1.29 is 4.79 Å². The lowest BCUT2D eigenvalue weighted by Crippen LogP contribution is -2.45. The van der Waals surface area contributed by atoms with Gasteiger partial charge in [0.1, 0.15) is 0 Å². The van der Waals surface area contributed by atoms with Crippen molar-refractivity contribution in [2.45, 2.75) is 38.6 Å². The van der Waals surface area contributed by atoms with Gasteiger partial charge in [-0.1, -0.05) is 0 Å². The van der Waals surface area contributed by atoms with Gasteiger partial charge in [-0.2, -0.15) is 0 Å². The number of hydrogen-bond donors (Lipinski definition) is 2. The van der Waals surface area contributed by atoms with Crippen LogP contribution in [0, 0.1) is 29.6 Å². The normalized spacial score (nSPS) is 35.6.